The van der Waals surface area contributed by atoms with Gasteiger partial charge in [-0.3, -0.25) is 0 Å². The fraction of sp³-hybridized carbons (Fsp3) is 0.533. The van der Waals surface area contributed by atoms with Gasteiger partial charge in [-0.05, 0) is 30.9 Å². The Morgan fingerprint density at radius 3 is 3.16 bits per heavy atom. The van der Waals surface area contributed by atoms with Crippen molar-refractivity contribution in [2.75, 3.05) is 24.5 Å². The second-order valence-electron chi connectivity index (χ2n) is 6.04. The summed E-state index contributed by atoms with van der Waals surface area (Å²) in [5.41, 5.74) is 1.51. The van der Waals surface area contributed by atoms with Crippen LogP contribution in [0.5, 0.6) is 0 Å². The third-order valence-electron chi connectivity index (χ3n) is 4.99. The summed E-state index contributed by atoms with van der Waals surface area (Å²) >= 11 is 0. The third kappa shape index (κ3) is 1.59. The Hall–Kier alpha value is -1.55. The van der Waals surface area contributed by atoms with E-state index in [1.54, 1.807) is 0 Å². The summed E-state index contributed by atoms with van der Waals surface area (Å²) in [6.07, 6.45) is 6.46. The fourth-order valence-electron chi connectivity index (χ4n) is 3.63. The quantitative estimate of drug-likeness (QED) is 0.821. The Balaban J connectivity index is 1.70. The van der Waals surface area contributed by atoms with Gasteiger partial charge in [-0.15, -0.1) is 0 Å². The smallest absolute Gasteiger partial charge is 0.138 e. The van der Waals surface area contributed by atoms with Gasteiger partial charge in [0.2, 0.25) is 0 Å². The molecule has 2 saturated heterocycles. The first-order valence-electron chi connectivity index (χ1n) is 7.21. The van der Waals surface area contributed by atoms with E-state index in [4.69, 9.17) is 0 Å². The fourth-order valence-corrected chi connectivity index (χ4v) is 3.63. The maximum atomic E-state index is 4.63. The Morgan fingerprint density at radius 1 is 1.42 bits per heavy atom. The minimum atomic E-state index is 0.332. The van der Waals surface area contributed by atoms with Crippen molar-refractivity contribution in [3.05, 3.63) is 24.5 Å². The molecule has 0 amide bonds. The minimum absolute atomic E-state index is 0.332. The maximum Gasteiger partial charge on any atom is 0.138 e. The summed E-state index contributed by atoms with van der Waals surface area (Å²) in [5.74, 6) is 1.92. The molecule has 4 heterocycles. The number of anilines is 1. The van der Waals surface area contributed by atoms with Crippen molar-refractivity contribution < 1.29 is 0 Å². The van der Waals surface area contributed by atoms with Gasteiger partial charge in [0.15, 0.2) is 0 Å². The van der Waals surface area contributed by atoms with Crippen molar-refractivity contribution in [1.29, 1.82) is 0 Å². The normalized spacial score (nSPS) is 30.8. The maximum absolute atomic E-state index is 4.63. The van der Waals surface area contributed by atoms with Crippen LogP contribution in [0.3, 0.4) is 0 Å². The molecule has 0 aromatic carbocycles. The SMILES string of the molecule is CC1CNC12CCCN(c1nccc3[nH]ccc13)C2. The van der Waals surface area contributed by atoms with Crippen LogP contribution in [0.15, 0.2) is 24.5 Å². The van der Waals surface area contributed by atoms with Crippen LogP contribution < -0.4 is 10.2 Å². The summed E-state index contributed by atoms with van der Waals surface area (Å²) in [6, 6.07) is 4.18. The van der Waals surface area contributed by atoms with Crippen LogP contribution in [0.1, 0.15) is 19.8 Å². The second-order valence-corrected chi connectivity index (χ2v) is 6.04. The summed E-state index contributed by atoms with van der Waals surface area (Å²) in [4.78, 5) is 10.4. The van der Waals surface area contributed by atoms with E-state index in [0.29, 0.717) is 5.54 Å². The minimum Gasteiger partial charge on any atom is -0.361 e. The first kappa shape index (κ1) is 11.3. The third-order valence-corrected chi connectivity index (χ3v) is 4.99. The van der Waals surface area contributed by atoms with Crippen LogP contribution in [-0.2, 0) is 0 Å². The van der Waals surface area contributed by atoms with E-state index < -0.39 is 0 Å². The van der Waals surface area contributed by atoms with Crippen LogP contribution in [0.4, 0.5) is 5.82 Å². The molecule has 1 spiro atoms. The lowest BCUT2D eigenvalue weighted by Crippen LogP contribution is -2.70. The lowest BCUT2D eigenvalue weighted by atomic mass is 9.72. The van der Waals surface area contributed by atoms with Gasteiger partial charge in [-0.25, -0.2) is 4.98 Å². The first-order valence-corrected chi connectivity index (χ1v) is 7.21. The van der Waals surface area contributed by atoms with Crippen LogP contribution >= 0.6 is 0 Å². The predicted molar refractivity (Wildman–Crippen MR) is 77.4 cm³/mol. The Labute approximate surface area is 113 Å². The van der Waals surface area contributed by atoms with Gasteiger partial charge < -0.3 is 15.2 Å². The van der Waals surface area contributed by atoms with E-state index in [1.807, 2.05) is 18.5 Å². The van der Waals surface area contributed by atoms with Crippen molar-refractivity contribution in [1.82, 2.24) is 15.3 Å². The van der Waals surface area contributed by atoms with Crippen molar-refractivity contribution in [3.8, 4) is 0 Å². The molecule has 2 aliphatic heterocycles. The van der Waals surface area contributed by atoms with E-state index in [-0.39, 0.29) is 0 Å². The zero-order valence-corrected chi connectivity index (χ0v) is 11.3. The summed E-state index contributed by atoms with van der Waals surface area (Å²) in [7, 11) is 0. The number of aromatic nitrogens is 2. The van der Waals surface area contributed by atoms with Crippen LogP contribution in [-0.4, -0.2) is 35.1 Å². The van der Waals surface area contributed by atoms with Gasteiger partial charge in [0, 0.05) is 43.0 Å². The highest BCUT2D eigenvalue weighted by Crippen LogP contribution is 2.37. The van der Waals surface area contributed by atoms with Gasteiger partial charge in [-0.2, -0.15) is 0 Å². The van der Waals surface area contributed by atoms with Crippen molar-refractivity contribution in [2.24, 2.45) is 5.92 Å². The zero-order valence-electron chi connectivity index (χ0n) is 11.3. The highest BCUT2D eigenvalue weighted by molar-refractivity contribution is 5.90. The van der Waals surface area contributed by atoms with Crippen LogP contribution in [0.2, 0.25) is 0 Å². The molecule has 0 aliphatic carbocycles. The Kier molecular flexibility index (Phi) is 2.36. The molecule has 2 aliphatic rings. The monoisotopic (exact) mass is 256 g/mol. The molecule has 0 saturated carbocycles. The number of nitrogens with one attached hydrogen (secondary N) is 2. The number of aromatic amines is 1. The molecule has 4 nitrogen and oxygen atoms in total. The zero-order chi connectivity index (χ0) is 12.9. The van der Waals surface area contributed by atoms with E-state index in [0.717, 1.165) is 31.4 Å². The lowest BCUT2D eigenvalue weighted by Gasteiger charge is -2.54. The molecular weight excluding hydrogens is 236 g/mol. The first-order chi connectivity index (χ1) is 9.28. The lowest BCUT2D eigenvalue weighted by molar-refractivity contribution is 0.0940. The molecule has 0 radical (unpaired) electrons. The van der Waals surface area contributed by atoms with E-state index in [1.165, 1.54) is 23.7 Å². The van der Waals surface area contributed by atoms with Crippen molar-refractivity contribution in [2.45, 2.75) is 25.3 Å². The predicted octanol–water partition coefficient (Wildman–Crippen LogP) is 2.14. The highest BCUT2D eigenvalue weighted by atomic mass is 15.3. The highest BCUT2D eigenvalue weighted by Gasteiger charge is 2.46. The molecule has 4 rings (SSSR count). The summed E-state index contributed by atoms with van der Waals surface area (Å²) in [5, 5.41) is 4.92. The van der Waals surface area contributed by atoms with E-state index in [2.05, 4.69) is 33.2 Å². The van der Waals surface area contributed by atoms with Gasteiger partial charge in [0.1, 0.15) is 5.82 Å². The number of pyridine rings is 1. The van der Waals surface area contributed by atoms with Crippen LogP contribution in [0, 0.1) is 5.92 Å². The van der Waals surface area contributed by atoms with Crippen LogP contribution in [0.25, 0.3) is 10.9 Å². The molecule has 19 heavy (non-hydrogen) atoms. The van der Waals surface area contributed by atoms with Crippen molar-refractivity contribution in [3.63, 3.8) is 0 Å². The molecule has 2 N–H and O–H groups in total. The molecule has 2 aromatic heterocycles. The Bertz CT molecular complexity index is 605. The Morgan fingerprint density at radius 2 is 2.37 bits per heavy atom. The molecule has 2 unspecified atom stereocenters. The average molecular weight is 256 g/mol. The molecule has 4 heteroatoms. The van der Waals surface area contributed by atoms with Crippen molar-refractivity contribution >= 4 is 16.7 Å². The average Bonchev–Trinajstić information content (AvgIpc) is 2.94. The molecule has 2 fully saturated rings. The van der Waals surface area contributed by atoms with Gasteiger partial charge in [0.05, 0.1) is 5.52 Å². The molecule has 2 atom stereocenters. The second kappa shape index (κ2) is 3.97. The largest absolute Gasteiger partial charge is 0.361 e. The topological polar surface area (TPSA) is 44.0 Å². The number of hydrogen-bond acceptors (Lipinski definition) is 3. The number of fused-ring (bicyclic) bond motifs is 1. The molecule has 100 valence electrons. The van der Waals surface area contributed by atoms with Gasteiger partial charge >= 0.3 is 0 Å². The van der Waals surface area contributed by atoms with Gasteiger partial charge in [0.25, 0.3) is 0 Å². The molecular formula is C15H20N4. The molecule has 2 aromatic rings. The summed E-state index contributed by atoms with van der Waals surface area (Å²) in [6.45, 7) is 5.73. The number of rotatable bonds is 1. The van der Waals surface area contributed by atoms with E-state index in [9.17, 15) is 0 Å². The number of hydrogen-bond donors (Lipinski definition) is 2. The number of H-pyrrole nitrogens is 1. The summed E-state index contributed by atoms with van der Waals surface area (Å²) < 4.78 is 0. The molecule has 0 bridgehead atoms. The van der Waals surface area contributed by atoms with E-state index >= 15 is 0 Å². The number of piperidine rings is 1. The van der Waals surface area contributed by atoms with Gasteiger partial charge in [-0.1, -0.05) is 6.92 Å². The standard InChI is InChI=1S/C15H20N4/c1-11-9-18-15(11)5-2-8-19(10-15)14-12-3-6-16-13(12)4-7-17-14/h3-4,6-7,11,16,18H,2,5,8-10H2,1H3. The number of nitrogens with zero attached hydrogens (tertiary/aromatic N) is 2.